The molecule has 2 N–H and O–H groups in total. The fourth-order valence-corrected chi connectivity index (χ4v) is 3.99. The maximum Gasteiger partial charge on any atom is 0.326 e. The Labute approximate surface area is 138 Å². The van der Waals surface area contributed by atoms with Crippen molar-refractivity contribution in [2.45, 2.75) is 37.6 Å². The highest BCUT2D eigenvalue weighted by atomic mass is 32.1. The second kappa shape index (κ2) is 6.54. The Morgan fingerprint density at radius 1 is 1.57 bits per heavy atom. The summed E-state index contributed by atoms with van der Waals surface area (Å²) in [5, 5.41) is 14.1. The van der Waals surface area contributed by atoms with Gasteiger partial charge in [0.25, 0.3) is 0 Å². The summed E-state index contributed by atoms with van der Waals surface area (Å²) in [5.74, 6) is -0.848. The van der Waals surface area contributed by atoms with Crippen LogP contribution in [0.25, 0.3) is 0 Å². The maximum absolute atomic E-state index is 12.6. The zero-order valence-corrected chi connectivity index (χ0v) is 13.7. The second-order valence-electron chi connectivity index (χ2n) is 5.80. The smallest absolute Gasteiger partial charge is 0.326 e. The van der Waals surface area contributed by atoms with E-state index in [1.807, 2.05) is 18.5 Å². The fraction of sp³-hybridized carbons (Fsp3) is 0.438. The van der Waals surface area contributed by atoms with Crippen LogP contribution in [0.5, 0.6) is 0 Å². The van der Waals surface area contributed by atoms with Gasteiger partial charge in [-0.15, -0.1) is 11.3 Å². The molecule has 122 valence electrons. The minimum atomic E-state index is -1.04. The number of aliphatic carboxylic acids is 1. The summed E-state index contributed by atoms with van der Waals surface area (Å²) in [6, 6.07) is 1.02. The predicted molar refractivity (Wildman–Crippen MR) is 86.5 cm³/mol. The number of carboxylic acids is 1. The summed E-state index contributed by atoms with van der Waals surface area (Å²) in [5.41, 5.74) is 1.06. The molecule has 2 aromatic rings. The van der Waals surface area contributed by atoms with Gasteiger partial charge in [0.05, 0.1) is 5.92 Å². The van der Waals surface area contributed by atoms with Crippen molar-refractivity contribution in [1.29, 1.82) is 0 Å². The lowest BCUT2D eigenvalue weighted by atomic mass is 9.87. The molecule has 2 unspecified atom stereocenters. The molecule has 1 aliphatic carbocycles. The molecule has 1 amide bonds. The van der Waals surface area contributed by atoms with Crippen molar-refractivity contribution in [1.82, 2.24) is 14.9 Å². The Morgan fingerprint density at radius 3 is 3.09 bits per heavy atom. The topological polar surface area (TPSA) is 84.2 Å². The number of nitrogens with zero attached hydrogens (tertiary/aromatic N) is 2. The number of carbonyl (C=O) groups excluding carboxylic acids is 1. The molecule has 0 aliphatic heterocycles. The van der Waals surface area contributed by atoms with Gasteiger partial charge < -0.3 is 15.0 Å². The molecule has 6 nitrogen and oxygen atoms in total. The Hall–Kier alpha value is -2.15. The van der Waals surface area contributed by atoms with E-state index in [2.05, 4.69) is 10.3 Å². The van der Waals surface area contributed by atoms with Gasteiger partial charge in [-0.2, -0.15) is 0 Å². The van der Waals surface area contributed by atoms with Crippen LogP contribution in [0.1, 0.15) is 35.0 Å². The van der Waals surface area contributed by atoms with Crippen molar-refractivity contribution < 1.29 is 14.7 Å². The molecule has 0 aromatic carbocycles. The lowest BCUT2D eigenvalue weighted by Gasteiger charge is -2.24. The Balaban J connectivity index is 1.73. The summed E-state index contributed by atoms with van der Waals surface area (Å²) in [4.78, 5) is 29.5. The molecule has 0 bridgehead atoms. The van der Waals surface area contributed by atoms with Crippen molar-refractivity contribution in [3.05, 3.63) is 40.1 Å². The normalized spacial score (nSPS) is 18.2. The SMILES string of the molecule is Cn1ccnc1CC(NC(=O)C1CCCc2sccc21)C(=O)O. The Bertz CT molecular complexity index is 722. The van der Waals surface area contributed by atoms with Crippen molar-refractivity contribution >= 4 is 23.2 Å². The monoisotopic (exact) mass is 333 g/mol. The molecule has 3 rings (SSSR count). The van der Waals surface area contributed by atoms with Crippen LogP contribution in [0.15, 0.2) is 23.8 Å². The van der Waals surface area contributed by atoms with Crippen LogP contribution in [-0.2, 0) is 29.5 Å². The van der Waals surface area contributed by atoms with E-state index in [-0.39, 0.29) is 18.2 Å². The first kappa shape index (κ1) is 15.7. The number of hydrogen-bond acceptors (Lipinski definition) is 4. The standard InChI is InChI=1S/C16H19N3O3S/c1-19-7-6-17-14(19)9-12(16(21)22)18-15(20)11-3-2-4-13-10(11)5-8-23-13/h5-8,11-12H,2-4,9H2,1H3,(H,18,20)(H,21,22). The van der Waals surface area contributed by atoms with Crippen molar-refractivity contribution in [3.63, 3.8) is 0 Å². The predicted octanol–water partition coefficient (Wildman–Crippen LogP) is 1.71. The van der Waals surface area contributed by atoms with Crippen molar-refractivity contribution in [2.75, 3.05) is 0 Å². The van der Waals surface area contributed by atoms with Gasteiger partial charge in [0.2, 0.25) is 5.91 Å². The molecule has 0 radical (unpaired) electrons. The van der Waals surface area contributed by atoms with Crippen LogP contribution in [0.4, 0.5) is 0 Å². The minimum absolute atomic E-state index is 0.174. The maximum atomic E-state index is 12.6. The molecule has 0 saturated carbocycles. The summed E-state index contributed by atoms with van der Waals surface area (Å²) < 4.78 is 1.76. The van der Waals surface area contributed by atoms with Gasteiger partial charge in [-0.1, -0.05) is 0 Å². The van der Waals surface area contributed by atoms with Gasteiger partial charge >= 0.3 is 5.97 Å². The average molecular weight is 333 g/mol. The third-order valence-electron chi connectivity index (χ3n) is 4.29. The zero-order valence-electron chi connectivity index (χ0n) is 12.9. The lowest BCUT2D eigenvalue weighted by Crippen LogP contribution is -2.45. The van der Waals surface area contributed by atoms with Crippen LogP contribution in [0.3, 0.4) is 0 Å². The van der Waals surface area contributed by atoms with E-state index < -0.39 is 12.0 Å². The number of hydrogen-bond donors (Lipinski definition) is 2. The van der Waals surface area contributed by atoms with Gasteiger partial charge in [-0.05, 0) is 36.3 Å². The highest BCUT2D eigenvalue weighted by Gasteiger charge is 2.30. The fourth-order valence-electron chi connectivity index (χ4n) is 3.01. The highest BCUT2D eigenvalue weighted by Crippen LogP contribution is 2.35. The molecule has 0 saturated heterocycles. The van der Waals surface area contributed by atoms with Gasteiger partial charge in [0.15, 0.2) is 0 Å². The van der Waals surface area contributed by atoms with E-state index in [1.165, 1.54) is 4.88 Å². The summed E-state index contributed by atoms with van der Waals surface area (Å²) >= 11 is 1.67. The number of aryl methyl sites for hydroxylation is 2. The van der Waals surface area contributed by atoms with Gasteiger partial charge in [0.1, 0.15) is 11.9 Å². The summed E-state index contributed by atoms with van der Waals surface area (Å²) in [6.45, 7) is 0. The number of imidazole rings is 1. The van der Waals surface area contributed by atoms with Gasteiger partial charge in [-0.3, -0.25) is 4.79 Å². The van der Waals surface area contributed by atoms with Crippen LogP contribution in [0.2, 0.25) is 0 Å². The molecule has 0 fully saturated rings. The molecular formula is C16H19N3O3S. The number of thiophene rings is 1. The lowest BCUT2D eigenvalue weighted by molar-refractivity contribution is -0.142. The number of fused-ring (bicyclic) bond motifs is 1. The number of rotatable bonds is 5. The number of carbonyl (C=O) groups is 2. The van der Waals surface area contributed by atoms with E-state index in [9.17, 15) is 14.7 Å². The molecule has 23 heavy (non-hydrogen) atoms. The number of aromatic nitrogens is 2. The number of amides is 1. The first-order valence-electron chi connectivity index (χ1n) is 7.62. The third kappa shape index (κ3) is 3.29. The van der Waals surface area contributed by atoms with E-state index in [0.29, 0.717) is 5.82 Å². The van der Waals surface area contributed by atoms with Crippen LogP contribution in [0, 0.1) is 0 Å². The van der Waals surface area contributed by atoms with E-state index in [1.54, 1.807) is 28.3 Å². The molecular weight excluding hydrogens is 314 g/mol. The molecule has 2 heterocycles. The number of carboxylic acid groups (broad SMARTS) is 1. The van der Waals surface area contributed by atoms with Gasteiger partial charge in [0, 0.05) is 30.7 Å². The van der Waals surface area contributed by atoms with Crippen molar-refractivity contribution in [3.8, 4) is 0 Å². The Morgan fingerprint density at radius 2 is 2.39 bits per heavy atom. The molecule has 0 spiro atoms. The molecule has 2 aromatic heterocycles. The zero-order chi connectivity index (χ0) is 16.4. The largest absolute Gasteiger partial charge is 0.480 e. The quantitative estimate of drug-likeness (QED) is 0.872. The molecule has 1 aliphatic rings. The summed E-state index contributed by atoms with van der Waals surface area (Å²) in [6.07, 6.45) is 6.29. The molecule has 7 heteroatoms. The first-order valence-corrected chi connectivity index (χ1v) is 8.50. The van der Waals surface area contributed by atoms with Crippen LogP contribution < -0.4 is 5.32 Å². The minimum Gasteiger partial charge on any atom is -0.480 e. The summed E-state index contributed by atoms with van der Waals surface area (Å²) in [7, 11) is 1.81. The second-order valence-corrected chi connectivity index (χ2v) is 6.80. The first-order chi connectivity index (χ1) is 11.1. The highest BCUT2D eigenvalue weighted by molar-refractivity contribution is 7.10. The molecule has 2 atom stereocenters. The average Bonchev–Trinajstić information content (AvgIpc) is 3.15. The van der Waals surface area contributed by atoms with Crippen molar-refractivity contribution in [2.24, 2.45) is 7.05 Å². The Kier molecular flexibility index (Phi) is 4.47. The van der Waals surface area contributed by atoms with E-state index in [4.69, 9.17) is 0 Å². The van der Waals surface area contributed by atoms with Gasteiger partial charge in [-0.25, -0.2) is 9.78 Å². The third-order valence-corrected chi connectivity index (χ3v) is 5.29. The van der Waals surface area contributed by atoms with E-state index in [0.717, 1.165) is 24.8 Å². The number of nitrogens with one attached hydrogen (secondary N) is 1. The van der Waals surface area contributed by atoms with Crippen LogP contribution in [-0.4, -0.2) is 32.6 Å². The van der Waals surface area contributed by atoms with Crippen LogP contribution >= 0.6 is 11.3 Å². The van der Waals surface area contributed by atoms with E-state index >= 15 is 0 Å².